The third-order valence-electron chi connectivity index (χ3n) is 3.43. The second kappa shape index (κ2) is 6.19. The largest absolute Gasteiger partial charge is 0.357 e. The summed E-state index contributed by atoms with van der Waals surface area (Å²) in [6, 6.07) is 2.21. The van der Waals surface area contributed by atoms with Crippen molar-refractivity contribution in [1.82, 2.24) is 14.4 Å². The molecule has 0 bridgehead atoms. The van der Waals surface area contributed by atoms with Gasteiger partial charge in [-0.25, -0.2) is 0 Å². The highest BCUT2D eigenvalue weighted by Gasteiger charge is 2.14. The second-order valence-corrected chi connectivity index (χ2v) is 4.95. The van der Waals surface area contributed by atoms with E-state index in [1.807, 2.05) is 0 Å². The van der Waals surface area contributed by atoms with Crippen LogP contribution < -0.4 is 5.73 Å². The first-order chi connectivity index (χ1) is 8.28. The van der Waals surface area contributed by atoms with Gasteiger partial charge >= 0.3 is 0 Å². The highest BCUT2D eigenvalue weighted by Crippen LogP contribution is 2.08. The van der Waals surface area contributed by atoms with Gasteiger partial charge in [0.2, 0.25) is 0 Å². The fourth-order valence-corrected chi connectivity index (χ4v) is 2.50. The maximum atomic E-state index is 5.61. The average Bonchev–Trinajstić information content (AvgIpc) is 2.58. The van der Waals surface area contributed by atoms with Crippen molar-refractivity contribution in [3.63, 3.8) is 0 Å². The minimum atomic E-state index is 0.776. The third-order valence-corrected chi connectivity index (χ3v) is 3.43. The second-order valence-electron chi connectivity index (χ2n) is 4.95. The predicted molar refractivity (Wildman–Crippen MR) is 70.8 cm³/mol. The summed E-state index contributed by atoms with van der Waals surface area (Å²) in [6.07, 6.45) is 5.59. The van der Waals surface area contributed by atoms with Crippen LogP contribution in [0.1, 0.15) is 12.0 Å². The molecule has 1 aromatic heterocycles. The van der Waals surface area contributed by atoms with Crippen LogP contribution in [0.15, 0.2) is 18.5 Å². The zero-order valence-corrected chi connectivity index (χ0v) is 10.8. The highest BCUT2D eigenvalue weighted by atomic mass is 15.2. The Morgan fingerprint density at radius 3 is 2.65 bits per heavy atom. The summed E-state index contributed by atoms with van der Waals surface area (Å²) in [4.78, 5) is 5.02. The van der Waals surface area contributed by atoms with Gasteiger partial charge in [-0.3, -0.25) is 4.90 Å². The summed E-state index contributed by atoms with van der Waals surface area (Å²) >= 11 is 0. The molecule has 1 aromatic rings. The van der Waals surface area contributed by atoms with Crippen molar-refractivity contribution in [2.45, 2.75) is 13.0 Å². The minimum absolute atomic E-state index is 0.776. The molecular weight excluding hydrogens is 212 g/mol. The molecule has 0 amide bonds. The van der Waals surface area contributed by atoms with Gasteiger partial charge in [-0.15, -0.1) is 0 Å². The Hall–Kier alpha value is -0.840. The molecule has 4 heteroatoms. The SMILES string of the molecule is Cn1ccc(CN2CCCN(CCN)CC2)c1. The smallest absolute Gasteiger partial charge is 0.0249 e. The summed E-state index contributed by atoms with van der Waals surface area (Å²) in [5.74, 6) is 0. The molecule has 4 nitrogen and oxygen atoms in total. The van der Waals surface area contributed by atoms with E-state index in [9.17, 15) is 0 Å². The molecular formula is C13H24N4. The lowest BCUT2D eigenvalue weighted by Gasteiger charge is -2.20. The molecule has 0 saturated carbocycles. The maximum Gasteiger partial charge on any atom is 0.0249 e. The van der Waals surface area contributed by atoms with Gasteiger partial charge in [0.1, 0.15) is 0 Å². The number of aryl methyl sites for hydroxylation is 1. The highest BCUT2D eigenvalue weighted by molar-refractivity contribution is 5.09. The number of hydrogen-bond acceptors (Lipinski definition) is 3. The summed E-state index contributed by atoms with van der Waals surface area (Å²) in [5, 5.41) is 0. The van der Waals surface area contributed by atoms with Crippen molar-refractivity contribution in [3.8, 4) is 0 Å². The molecule has 2 heterocycles. The molecule has 0 aromatic carbocycles. The molecule has 0 unspecified atom stereocenters. The fourth-order valence-electron chi connectivity index (χ4n) is 2.50. The molecule has 1 aliphatic rings. The Morgan fingerprint density at radius 2 is 1.94 bits per heavy atom. The van der Waals surface area contributed by atoms with E-state index in [1.54, 1.807) is 0 Å². The predicted octanol–water partition coefficient (Wildman–Crippen LogP) is 0.492. The molecule has 2 rings (SSSR count). The van der Waals surface area contributed by atoms with E-state index in [2.05, 4.69) is 39.9 Å². The van der Waals surface area contributed by atoms with E-state index < -0.39 is 0 Å². The van der Waals surface area contributed by atoms with Crippen molar-refractivity contribution in [2.24, 2.45) is 12.8 Å². The Labute approximate surface area is 104 Å². The molecule has 1 saturated heterocycles. The van der Waals surface area contributed by atoms with Crippen LogP contribution in [0, 0.1) is 0 Å². The van der Waals surface area contributed by atoms with Crippen LogP contribution in [-0.2, 0) is 13.6 Å². The van der Waals surface area contributed by atoms with Gasteiger partial charge < -0.3 is 15.2 Å². The van der Waals surface area contributed by atoms with Gasteiger partial charge in [0.05, 0.1) is 0 Å². The lowest BCUT2D eigenvalue weighted by atomic mass is 10.3. The van der Waals surface area contributed by atoms with Gasteiger partial charge in [0, 0.05) is 52.2 Å². The molecule has 0 aliphatic carbocycles. The van der Waals surface area contributed by atoms with Gasteiger partial charge in [-0.05, 0) is 31.1 Å². The van der Waals surface area contributed by atoms with Crippen molar-refractivity contribution < 1.29 is 0 Å². The fraction of sp³-hybridized carbons (Fsp3) is 0.692. The topological polar surface area (TPSA) is 37.4 Å². The van der Waals surface area contributed by atoms with Crippen LogP contribution in [0.25, 0.3) is 0 Å². The van der Waals surface area contributed by atoms with Crippen LogP contribution in [0.3, 0.4) is 0 Å². The van der Waals surface area contributed by atoms with Crippen molar-refractivity contribution in [1.29, 1.82) is 0 Å². The van der Waals surface area contributed by atoms with E-state index in [-0.39, 0.29) is 0 Å². The molecule has 1 aliphatic heterocycles. The first-order valence-electron chi connectivity index (χ1n) is 6.53. The Bertz CT molecular complexity index is 334. The van der Waals surface area contributed by atoms with E-state index in [0.717, 1.165) is 32.7 Å². The van der Waals surface area contributed by atoms with E-state index in [1.165, 1.54) is 25.1 Å². The van der Waals surface area contributed by atoms with Gasteiger partial charge in [0.25, 0.3) is 0 Å². The molecule has 17 heavy (non-hydrogen) atoms. The molecule has 0 atom stereocenters. The van der Waals surface area contributed by atoms with Crippen molar-refractivity contribution in [2.75, 3.05) is 39.3 Å². The van der Waals surface area contributed by atoms with Gasteiger partial charge in [-0.1, -0.05) is 0 Å². The Morgan fingerprint density at radius 1 is 1.18 bits per heavy atom. The average molecular weight is 236 g/mol. The van der Waals surface area contributed by atoms with Gasteiger partial charge in [0.15, 0.2) is 0 Å². The summed E-state index contributed by atoms with van der Waals surface area (Å²) in [7, 11) is 2.08. The van der Waals surface area contributed by atoms with Crippen LogP contribution in [0.2, 0.25) is 0 Å². The minimum Gasteiger partial charge on any atom is -0.357 e. The molecule has 2 N–H and O–H groups in total. The number of nitrogens with two attached hydrogens (primary N) is 1. The number of aromatic nitrogens is 1. The van der Waals surface area contributed by atoms with Crippen molar-refractivity contribution >= 4 is 0 Å². The van der Waals surface area contributed by atoms with Crippen LogP contribution in [-0.4, -0.2) is 53.6 Å². The van der Waals surface area contributed by atoms with Crippen LogP contribution in [0.4, 0.5) is 0 Å². The Kier molecular flexibility index (Phi) is 4.59. The quantitative estimate of drug-likeness (QED) is 0.827. The van der Waals surface area contributed by atoms with E-state index >= 15 is 0 Å². The third kappa shape index (κ3) is 3.84. The first kappa shape index (κ1) is 12.6. The lowest BCUT2D eigenvalue weighted by Crippen LogP contribution is -2.33. The molecule has 1 fully saturated rings. The van der Waals surface area contributed by atoms with Crippen LogP contribution >= 0.6 is 0 Å². The first-order valence-corrected chi connectivity index (χ1v) is 6.53. The van der Waals surface area contributed by atoms with Crippen LogP contribution in [0.5, 0.6) is 0 Å². The number of hydrogen-bond donors (Lipinski definition) is 1. The zero-order chi connectivity index (χ0) is 12.1. The molecule has 0 spiro atoms. The molecule has 96 valence electrons. The lowest BCUT2D eigenvalue weighted by molar-refractivity contribution is 0.255. The normalized spacial score (nSPS) is 19.4. The maximum absolute atomic E-state index is 5.61. The van der Waals surface area contributed by atoms with Gasteiger partial charge in [-0.2, -0.15) is 0 Å². The summed E-state index contributed by atoms with van der Waals surface area (Å²) in [6.45, 7) is 7.62. The summed E-state index contributed by atoms with van der Waals surface area (Å²) < 4.78 is 2.12. The van der Waals surface area contributed by atoms with E-state index in [0.29, 0.717) is 0 Å². The number of nitrogens with zero attached hydrogens (tertiary/aromatic N) is 3. The monoisotopic (exact) mass is 236 g/mol. The summed E-state index contributed by atoms with van der Waals surface area (Å²) in [5.41, 5.74) is 7.03. The van der Waals surface area contributed by atoms with Crippen molar-refractivity contribution in [3.05, 3.63) is 24.0 Å². The Balaban J connectivity index is 1.82. The standard InChI is InChI=1S/C13H24N4/c1-15-7-3-13(11-15)12-17-6-2-5-16(8-4-14)9-10-17/h3,7,11H,2,4-6,8-10,12,14H2,1H3. The zero-order valence-electron chi connectivity index (χ0n) is 10.8. The van der Waals surface area contributed by atoms with E-state index in [4.69, 9.17) is 5.73 Å². The number of rotatable bonds is 4. The molecule has 0 radical (unpaired) electrons.